The first kappa shape index (κ1) is 35.3. The van der Waals surface area contributed by atoms with Crippen LogP contribution in [0, 0.1) is 0 Å². The molecule has 0 aromatic carbocycles. The van der Waals surface area contributed by atoms with Gasteiger partial charge >= 0.3 is 30.1 Å². The molecule has 0 unspecified atom stereocenters. The Hall–Kier alpha value is -2.67. The number of rotatable bonds is 10. The monoisotopic (exact) mass is 577 g/mol. The van der Waals surface area contributed by atoms with E-state index in [2.05, 4.69) is 17.9 Å². The Morgan fingerprint density at radius 3 is 1.11 bits per heavy atom. The van der Waals surface area contributed by atoms with E-state index >= 15 is 0 Å². The fourth-order valence-electron chi connectivity index (χ4n) is 3.24. The Kier molecular flexibility index (Phi) is 17.3. The molecule has 1 saturated heterocycles. The lowest BCUT2D eigenvalue weighted by Crippen LogP contribution is -2.49. The van der Waals surface area contributed by atoms with Gasteiger partial charge in [0.05, 0.1) is 26.2 Å². The van der Waals surface area contributed by atoms with Crippen molar-refractivity contribution in [2.75, 3.05) is 90.8 Å². The lowest BCUT2D eigenvalue weighted by atomic mass is 10.3. The highest BCUT2D eigenvalue weighted by Gasteiger charge is 2.38. The Morgan fingerprint density at radius 2 is 0.895 bits per heavy atom. The lowest BCUT2D eigenvalue weighted by molar-refractivity contribution is -0.192. The zero-order chi connectivity index (χ0) is 29.3. The molecule has 0 saturated carbocycles. The van der Waals surface area contributed by atoms with Gasteiger partial charge in [0.1, 0.15) is 0 Å². The van der Waals surface area contributed by atoms with Gasteiger partial charge in [0.15, 0.2) is 0 Å². The summed E-state index contributed by atoms with van der Waals surface area (Å²) >= 11 is 4.06. The molecule has 1 rings (SSSR count). The predicted molar refractivity (Wildman–Crippen MR) is 129 cm³/mol. The summed E-state index contributed by atoms with van der Waals surface area (Å²) in [4.78, 5) is 61.6. The van der Waals surface area contributed by atoms with Crippen molar-refractivity contribution >= 4 is 42.4 Å². The minimum absolute atomic E-state index is 0.112. The third-order valence-corrected chi connectivity index (χ3v) is 5.27. The van der Waals surface area contributed by atoms with E-state index in [0.29, 0.717) is 64.7 Å². The van der Waals surface area contributed by atoms with E-state index in [9.17, 15) is 42.6 Å². The Balaban J connectivity index is 0.00000171. The average Bonchev–Trinajstić information content (AvgIpc) is 2.78. The van der Waals surface area contributed by atoms with Crippen LogP contribution >= 0.6 is 12.6 Å². The molecular weight excluding hydrogens is 543 g/mol. The SMILES string of the molecule is O=C(O)C(F)(F)F.O=C(O)CN1CCN(CC(=O)O)CCN(CC(=O)NCCS)CCN(CC(=O)O)CC1. The topological polar surface area (TPSA) is 191 Å². The second-order valence-electron chi connectivity index (χ2n) is 8.16. The molecule has 0 aromatic rings. The third-order valence-electron chi connectivity index (χ3n) is 5.05. The number of carbonyl (C=O) groups excluding carboxylic acids is 1. The third kappa shape index (κ3) is 18.6. The summed E-state index contributed by atoms with van der Waals surface area (Å²) in [6.07, 6.45) is -5.08. The number of nitrogens with one attached hydrogen (secondary N) is 1. The fourth-order valence-corrected chi connectivity index (χ4v) is 3.35. The van der Waals surface area contributed by atoms with E-state index in [1.807, 2.05) is 4.90 Å². The number of thiol groups is 1. The summed E-state index contributed by atoms with van der Waals surface area (Å²) in [6.45, 7) is 2.92. The van der Waals surface area contributed by atoms with Gasteiger partial charge in [-0.25, -0.2) is 4.79 Å². The second-order valence-corrected chi connectivity index (χ2v) is 8.61. The predicted octanol–water partition coefficient (Wildman–Crippen LogP) is -1.86. The molecule has 5 N–H and O–H groups in total. The Bertz CT molecular complexity index is 760. The van der Waals surface area contributed by atoms with E-state index < -0.39 is 30.1 Å². The molecule has 1 amide bonds. The van der Waals surface area contributed by atoms with Crippen LogP contribution in [0.1, 0.15) is 0 Å². The van der Waals surface area contributed by atoms with Crippen molar-refractivity contribution < 1.29 is 57.6 Å². The molecule has 0 aromatic heterocycles. The number of hydrogen-bond donors (Lipinski definition) is 6. The Morgan fingerprint density at radius 1 is 0.632 bits per heavy atom. The summed E-state index contributed by atoms with van der Waals surface area (Å²) in [5.74, 6) is -5.39. The smallest absolute Gasteiger partial charge is 0.480 e. The first-order valence-electron chi connectivity index (χ1n) is 11.4. The van der Waals surface area contributed by atoms with Gasteiger partial charge in [-0.2, -0.15) is 25.8 Å². The van der Waals surface area contributed by atoms with Crippen LogP contribution < -0.4 is 5.32 Å². The van der Waals surface area contributed by atoms with Gasteiger partial charge < -0.3 is 25.7 Å². The first-order chi connectivity index (χ1) is 17.6. The van der Waals surface area contributed by atoms with Crippen molar-refractivity contribution in [1.29, 1.82) is 0 Å². The van der Waals surface area contributed by atoms with Crippen LogP contribution in [0.3, 0.4) is 0 Å². The molecule has 1 aliphatic heterocycles. The zero-order valence-corrected chi connectivity index (χ0v) is 21.5. The van der Waals surface area contributed by atoms with E-state index in [4.69, 9.17) is 15.0 Å². The molecule has 0 bridgehead atoms. The van der Waals surface area contributed by atoms with Gasteiger partial charge in [0.2, 0.25) is 5.91 Å². The summed E-state index contributed by atoms with van der Waals surface area (Å²) in [5.41, 5.74) is 0. The number of halogens is 3. The maximum Gasteiger partial charge on any atom is 0.490 e. The van der Waals surface area contributed by atoms with Crippen LogP contribution in [0.5, 0.6) is 0 Å². The molecule has 220 valence electrons. The molecule has 14 nitrogen and oxygen atoms in total. The van der Waals surface area contributed by atoms with Crippen LogP contribution in [-0.2, 0) is 24.0 Å². The summed E-state index contributed by atoms with van der Waals surface area (Å²) < 4.78 is 31.7. The second kappa shape index (κ2) is 18.6. The van der Waals surface area contributed by atoms with Gasteiger partial charge in [-0.15, -0.1) is 0 Å². The Labute approximate surface area is 222 Å². The molecule has 1 heterocycles. The van der Waals surface area contributed by atoms with E-state index in [0.717, 1.165) is 0 Å². The number of alkyl halides is 3. The van der Waals surface area contributed by atoms with Gasteiger partial charge in [0, 0.05) is 64.7 Å². The summed E-state index contributed by atoms with van der Waals surface area (Å²) in [5, 5.41) is 37.4. The van der Waals surface area contributed by atoms with Crippen molar-refractivity contribution in [2.45, 2.75) is 6.18 Å². The van der Waals surface area contributed by atoms with Gasteiger partial charge in [-0.1, -0.05) is 0 Å². The quantitative estimate of drug-likeness (QED) is 0.159. The fraction of sp³-hybridized carbons (Fsp3) is 0.750. The van der Waals surface area contributed by atoms with Gasteiger partial charge in [-0.05, 0) is 0 Å². The minimum atomic E-state index is -5.08. The number of hydrogen-bond acceptors (Lipinski definition) is 10. The van der Waals surface area contributed by atoms with Crippen molar-refractivity contribution in [3.63, 3.8) is 0 Å². The van der Waals surface area contributed by atoms with Gasteiger partial charge in [-0.3, -0.25) is 38.8 Å². The van der Waals surface area contributed by atoms with Crippen molar-refractivity contribution in [3.05, 3.63) is 0 Å². The average molecular weight is 578 g/mol. The number of carboxylic acid groups (broad SMARTS) is 4. The van der Waals surface area contributed by atoms with Crippen LogP contribution in [0.15, 0.2) is 0 Å². The zero-order valence-electron chi connectivity index (χ0n) is 20.6. The molecule has 18 heteroatoms. The van der Waals surface area contributed by atoms with Crippen LogP contribution in [0.25, 0.3) is 0 Å². The normalized spacial score (nSPS) is 17.3. The highest BCUT2D eigenvalue weighted by Crippen LogP contribution is 2.13. The molecule has 0 spiro atoms. The lowest BCUT2D eigenvalue weighted by Gasteiger charge is -2.32. The summed E-state index contributed by atoms with van der Waals surface area (Å²) in [6, 6.07) is 0. The molecule has 0 aliphatic carbocycles. The molecule has 1 fully saturated rings. The molecule has 1 aliphatic rings. The van der Waals surface area contributed by atoms with Crippen molar-refractivity contribution in [3.8, 4) is 0 Å². The largest absolute Gasteiger partial charge is 0.490 e. The number of amides is 1. The first-order valence-corrected chi connectivity index (χ1v) is 12.0. The molecule has 38 heavy (non-hydrogen) atoms. The number of carboxylic acids is 4. The summed E-state index contributed by atoms with van der Waals surface area (Å²) in [7, 11) is 0. The molecule has 0 radical (unpaired) electrons. The molecule has 0 atom stereocenters. The van der Waals surface area contributed by atoms with E-state index in [-0.39, 0.29) is 32.1 Å². The molecular formula is C20H34F3N5O9S. The van der Waals surface area contributed by atoms with Crippen LogP contribution in [0.2, 0.25) is 0 Å². The van der Waals surface area contributed by atoms with Crippen LogP contribution in [0.4, 0.5) is 13.2 Å². The number of nitrogens with zero attached hydrogens (tertiary/aromatic N) is 4. The maximum atomic E-state index is 12.1. The maximum absolute atomic E-state index is 12.1. The van der Waals surface area contributed by atoms with Gasteiger partial charge in [0.25, 0.3) is 0 Å². The van der Waals surface area contributed by atoms with Crippen molar-refractivity contribution in [2.24, 2.45) is 0 Å². The minimum Gasteiger partial charge on any atom is -0.480 e. The van der Waals surface area contributed by atoms with Crippen molar-refractivity contribution in [1.82, 2.24) is 24.9 Å². The highest BCUT2D eigenvalue weighted by atomic mass is 32.1. The standard InChI is InChI=1S/C18H33N5O7S.C2HF3O2/c24-15(19-1-10-31)11-20-2-4-21(12-16(25)26)6-8-23(14-18(29)30)9-7-22(5-3-20)13-17(27)28;3-2(4,5)1(6)7/h31H,1-14H2,(H,19,24)(H,25,26)(H,27,28)(H,29,30);(H,6,7). The van der Waals surface area contributed by atoms with E-state index in [1.165, 1.54) is 0 Å². The number of carbonyl (C=O) groups is 5. The number of aliphatic carboxylic acids is 4. The highest BCUT2D eigenvalue weighted by molar-refractivity contribution is 7.80. The van der Waals surface area contributed by atoms with E-state index in [1.54, 1.807) is 14.7 Å². The van der Waals surface area contributed by atoms with Crippen LogP contribution in [-0.4, -0.2) is 167 Å².